The number of rotatable bonds is 6. The molecule has 1 fully saturated rings. The van der Waals surface area contributed by atoms with Crippen LogP contribution in [0.3, 0.4) is 0 Å². The van der Waals surface area contributed by atoms with Gasteiger partial charge < -0.3 is 16.0 Å². The summed E-state index contributed by atoms with van der Waals surface area (Å²) < 4.78 is 0. The van der Waals surface area contributed by atoms with Crippen LogP contribution in [0.5, 0.6) is 0 Å². The molecule has 3 N–H and O–H groups in total. The number of likely N-dealkylation sites (tertiary alicyclic amines) is 1. The van der Waals surface area contributed by atoms with Crippen LogP contribution in [-0.2, 0) is 4.79 Å². The Kier molecular flexibility index (Phi) is 11.9. The largest absolute Gasteiger partial charge is 0.355 e. The monoisotopic (exact) mass is 327 g/mol. The second-order valence-electron chi connectivity index (χ2n) is 6.21. The second kappa shape index (κ2) is 10.7. The van der Waals surface area contributed by atoms with Crippen LogP contribution in [0.15, 0.2) is 0 Å². The van der Waals surface area contributed by atoms with Crippen LogP contribution in [0.2, 0.25) is 0 Å². The Morgan fingerprint density at radius 2 is 1.80 bits per heavy atom. The molecule has 0 bridgehead atoms. The molecule has 1 rings (SSSR count). The van der Waals surface area contributed by atoms with E-state index in [4.69, 9.17) is 5.73 Å². The number of unbranched alkanes of at least 4 members (excludes halogenated alkanes) is 1. The summed E-state index contributed by atoms with van der Waals surface area (Å²) in [4.78, 5) is 14.1. The number of halogens is 2. The molecule has 0 atom stereocenters. The van der Waals surface area contributed by atoms with Gasteiger partial charge in [-0.25, -0.2) is 0 Å². The van der Waals surface area contributed by atoms with Crippen LogP contribution in [0.1, 0.15) is 46.5 Å². The van der Waals surface area contributed by atoms with Crippen molar-refractivity contribution < 1.29 is 4.79 Å². The quantitative estimate of drug-likeness (QED) is 0.735. The SMILES string of the molecule is CC1CCN(CCCCNC(=O)C(C)(C)N)CC1.Cl.Cl. The van der Waals surface area contributed by atoms with Gasteiger partial charge in [0.15, 0.2) is 0 Å². The van der Waals surface area contributed by atoms with Crippen molar-refractivity contribution in [2.75, 3.05) is 26.2 Å². The molecule has 122 valence electrons. The lowest BCUT2D eigenvalue weighted by Gasteiger charge is -2.30. The van der Waals surface area contributed by atoms with E-state index in [0.29, 0.717) is 0 Å². The number of carbonyl (C=O) groups excluding carboxylic acids is 1. The predicted molar refractivity (Wildman–Crippen MR) is 89.8 cm³/mol. The van der Waals surface area contributed by atoms with Gasteiger partial charge in [0.1, 0.15) is 0 Å². The van der Waals surface area contributed by atoms with E-state index in [0.717, 1.165) is 31.8 Å². The second-order valence-corrected chi connectivity index (χ2v) is 6.21. The minimum Gasteiger partial charge on any atom is -0.355 e. The van der Waals surface area contributed by atoms with Gasteiger partial charge in [0.05, 0.1) is 5.54 Å². The molecule has 1 aliphatic rings. The Labute approximate surface area is 136 Å². The average Bonchev–Trinajstić information content (AvgIpc) is 2.29. The van der Waals surface area contributed by atoms with Crippen LogP contribution in [-0.4, -0.2) is 42.5 Å². The predicted octanol–water partition coefficient (Wildman–Crippen LogP) is 2.20. The first-order chi connectivity index (χ1) is 8.39. The van der Waals surface area contributed by atoms with E-state index >= 15 is 0 Å². The Hall–Kier alpha value is -0.0300. The third kappa shape index (κ3) is 9.01. The minimum absolute atomic E-state index is 0. The lowest BCUT2D eigenvalue weighted by Crippen LogP contribution is -2.49. The molecule has 1 amide bonds. The maximum atomic E-state index is 11.5. The molecule has 1 heterocycles. The molecule has 0 spiro atoms. The molecule has 0 saturated carbocycles. The van der Waals surface area contributed by atoms with Crippen molar-refractivity contribution in [3.63, 3.8) is 0 Å². The topological polar surface area (TPSA) is 58.4 Å². The first-order valence-corrected chi connectivity index (χ1v) is 7.19. The standard InChI is InChI=1S/C14H29N3O.2ClH/c1-12-6-10-17(11-7-12)9-5-4-8-16-13(18)14(2,3)15;;/h12H,4-11,15H2,1-3H3,(H,16,18);2*1H. The summed E-state index contributed by atoms with van der Waals surface area (Å²) >= 11 is 0. The van der Waals surface area contributed by atoms with E-state index in [1.807, 2.05) is 0 Å². The van der Waals surface area contributed by atoms with Crippen LogP contribution in [0.4, 0.5) is 0 Å². The Balaban J connectivity index is 0. The molecule has 0 radical (unpaired) electrons. The van der Waals surface area contributed by atoms with Crippen molar-refractivity contribution in [3.05, 3.63) is 0 Å². The molecule has 0 unspecified atom stereocenters. The molecule has 0 aromatic carbocycles. The third-order valence-corrected chi connectivity index (χ3v) is 3.65. The molecule has 0 aromatic heterocycles. The fourth-order valence-corrected chi connectivity index (χ4v) is 2.18. The summed E-state index contributed by atoms with van der Waals surface area (Å²) in [5.41, 5.74) is 4.94. The Bertz CT molecular complexity index is 262. The molecular weight excluding hydrogens is 297 g/mol. The van der Waals surface area contributed by atoms with E-state index in [2.05, 4.69) is 17.1 Å². The number of hydrogen-bond acceptors (Lipinski definition) is 3. The zero-order chi connectivity index (χ0) is 13.6. The highest BCUT2D eigenvalue weighted by Gasteiger charge is 2.20. The van der Waals surface area contributed by atoms with Gasteiger partial charge in [-0.1, -0.05) is 6.92 Å². The van der Waals surface area contributed by atoms with Crippen molar-refractivity contribution in [1.82, 2.24) is 10.2 Å². The van der Waals surface area contributed by atoms with Gasteiger partial charge in [0.2, 0.25) is 5.91 Å². The van der Waals surface area contributed by atoms with E-state index in [1.165, 1.54) is 25.9 Å². The normalized spacial score (nSPS) is 17.0. The fourth-order valence-electron chi connectivity index (χ4n) is 2.18. The van der Waals surface area contributed by atoms with E-state index in [9.17, 15) is 4.79 Å². The van der Waals surface area contributed by atoms with Crippen molar-refractivity contribution in [1.29, 1.82) is 0 Å². The molecule has 1 aliphatic heterocycles. The molecule has 20 heavy (non-hydrogen) atoms. The Morgan fingerprint density at radius 1 is 1.25 bits per heavy atom. The number of carbonyl (C=O) groups is 1. The molecular formula is C14H31Cl2N3O. The highest BCUT2D eigenvalue weighted by atomic mass is 35.5. The van der Waals surface area contributed by atoms with Gasteiger partial charge in [-0.15, -0.1) is 24.8 Å². The van der Waals surface area contributed by atoms with Gasteiger partial charge in [0, 0.05) is 6.54 Å². The number of nitrogens with one attached hydrogen (secondary N) is 1. The summed E-state index contributed by atoms with van der Waals surface area (Å²) in [7, 11) is 0. The molecule has 1 saturated heterocycles. The maximum absolute atomic E-state index is 11.5. The maximum Gasteiger partial charge on any atom is 0.239 e. The van der Waals surface area contributed by atoms with Crippen molar-refractivity contribution >= 4 is 30.7 Å². The van der Waals surface area contributed by atoms with Crippen molar-refractivity contribution in [3.8, 4) is 0 Å². The smallest absolute Gasteiger partial charge is 0.239 e. The van der Waals surface area contributed by atoms with Crippen molar-refractivity contribution in [2.45, 2.75) is 52.0 Å². The number of nitrogens with two attached hydrogens (primary N) is 1. The number of amides is 1. The van der Waals surface area contributed by atoms with Crippen molar-refractivity contribution in [2.24, 2.45) is 11.7 Å². The Morgan fingerprint density at radius 3 is 2.30 bits per heavy atom. The molecule has 4 nitrogen and oxygen atoms in total. The first kappa shape index (κ1) is 22.3. The lowest BCUT2D eigenvalue weighted by molar-refractivity contribution is -0.125. The minimum atomic E-state index is -0.761. The zero-order valence-electron chi connectivity index (χ0n) is 13.0. The van der Waals surface area contributed by atoms with Gasteiger partial charge >= 0.3 is 0 Å². The summed E-state index contributed by atoms with van der Waals surface area (Å²) in [6.07, 6.45) is 4.85. The number of nitrogens with zero attached hydrogens (tertiary/aromatic N) is 1. The van der Waals surface area contributed by atoms with Gasteiger partial charge in [-0.2, -0.15) is 0 Å². The van der Waals surface area contributed by atoms with E-state index in [-0.39, 0.29) is 30.7 Å². The van der Waals surface area contributed by atoms with Crippen LogP contribution >= 0.6 is 24.8 Å². The molecule has 0 aliphatic carbocycles. The lowest BCUT2D eigenvalue weighted by atomic mass is 9.99. The van der Waals surface area contributed by atoms with Crippen LogP contribution in [0, 0.1) is 5.92 Å². The summed E-state index contributed by atoms with van der Waals surface area (Å²) in [6.45, 7) is 10.2. The number of piperidine rings is 1. The molecule has 0 aromatic rings. The zero-order valence-corrected chi connectivity index (χ0v) is 14.6. The number of hydrogen-bond donors (Lipinski definition) is 2. The summed E-state index contributed by atoms with van der Waals surface area (Å²) in [5, 5.41) is 2.88. The van der Waals surface area contributed by atoms with E-state index in [1.54, 1.807) is 13.8 Å². The molecule has 6 heteroatoms. The summed E-state index contributed by atoms with van der Waals surface area (Å²) in [6, 6.07) is 0. The first-order valence-electron chi connectivity index (χ1n) is 7.19. The van der Waals surface area contributed by atoms with Crippen LogP contribution in [0.25, 0.3) is 0 Å². The summed E-state index contributed by atoms with van der Waals surface area (Å²) in [5.74, 6) is 0.835. The highest BCUT2D eigenvalue weighted by Crippen LogP contribution is 2.15. The van der Waals surface area contributed by atoms with Gasteiger partial charge in [-0.3, -0.25) is 4.79 Å². The van der Waals surface area contributed by atoms with Crippen LogP contribution < -0.4 is 11.1 Å². The highest BCUT2D eigenvalue weighted by molar-refractivity contribution is 5.85. The fraction of sp³-hybridized carbons (Fsp3) is 0.929. The third-order valence-electron chi connectivity index (χ3n) is 3.65. The average molecular weight is 328 g/mol. The van der Waals surface area contributed by atoms with E-state index < -0.39 is 5.54 Å². The van der Waals surface area contributed by atoms with Gasteiger partial charge in [0.25, 0.3) is 0 Å². The van der Waals surface area contributed by atoms with Gasteiger partial charge in [-0.05, 0) is 65.1 Å².